The first kappa shape index (κ1) is 27.3. The third kappa shape index (κ3) is 7.40. The molecule has 4 rings (SSSR count). The van der Waals surface area contributed by atoms with Crippen LogP contribution in [0.15, 0.2) is 51.9 Å². The van der Waals surface area contributed by atoms with Gasteiger partial charge in [0, 0.05) is 34.2 Å². The Kier molecular flexibility index (Phi) is 9.10. The number of likely N-dealkylation sites (tertiary alicyclic amines) is 1. The van der Waals surface area contributed by atoms with Crippen molar-refractivity contribution in [1.29, 1.82) is 5.26 Å². The highest BCUT2D eigenvalue weighted by Crippen LogP contribution is 2.23. The van der Waals surface area contributed by atoms with Crippen LogP contribution in [0.2, 0.25) is 10.0 Å². The van der Waals surface area contributed by atoms with Crippen LogP contribution in [0.25, 0.3) is 11.0 Å². The molecule has 1 fully saturated rings. The molecule has 1 aliphatic rings. The molecular weight excluding hydrogens is 527 g/mol. The van der Waals surface area contributed by atoms with Crippen LogP contribution < -0.4 is 16.0 Å². The van der Waals surface area contributed by atoms with Crippen LogP contribution >= 0.6 is 23.2 Å². The fourth-order valence-electron chi connectivity index (χ4n) is 4.39. The summed E-state index contributed by atoms with van der Waals surface area (Å²) in [7, 11) is 0. The van der Waals surface area contributed by atoms with Crippen LogP contribution in [0.1, 0.15) is 30.6 Å². The minimum absolute atomic E-state index is 0.0634. The number of nitriles is 1. The largest absolute Gasteiger partial charge is 0.461 e. The molecule has 3 N–H and O–H groups in total. The third-order valence-corrected chi connectivity index (χ3v) is 6.54. The first-order valence-corrected chi connectivity index (χ1v) is 13.1. The number of amides is 2. The van der Waals surface area contributed by atoms with Crippen LogP contribution in [0, 0.1) is 18.4 Å². The summed E-state index contributed by atoms with van der Waals surface area (Å²) in [4.78, 5) is 31.9. The van der Waals surface area contributed by atoms with E-state index in [4.69, 9.17) is 27.6 Å². The predicted molar refractivity (Wildman–Crippen MR) is 148 cm³/mol. The maximum atomic E-state index is 13.3. The lowest BCUT2D eigenvalue weighted by Crippen LogP contribution is -2.44. The van der Waals surface area contributed by atoms with Crippen molar-refractivity contribution in [2.24, 2.45) is 4.99 Å². The zero-order valence-corrected chi connectivity index (χ0v) is 22.4. The minimum Gasteiger partial charge on any atom is -0.461 e. The summed E-state index contributed by atoms with van der Waals surface area (Å²) in [5, 5.41) is 19.7. The molecule has 0 bridgehead atoms. The quantitative estimate of drug-likeness (QED) is 0.169. The number of nitrogens with one attached hydrogen (secondary N) is 3. The van der Waals surface area contributed by atoms with Crippen molar-refractivity contribution in [1.82, 2.24) is 15.5 Å². The molecule has 38 heavy (non-hydrogen) atoms. The van der Waals surface area contributed by atoms with Crippen molar-refractivity contribution in [2.45, 2.75) is 38.6 Å². The number of guanidine groups is 1. The van der Waals surface area contributed by atoms with E-state index >= 15 is 0 Å². The van der Waals surface area contributed by atoms with E-state index in [9.17, 15) is 14.9 Å². The fraction of sp³-hybridized carbons (Fsp3) is 0.333. The highest BCUT2D eigenvalue weighted by Gasteiger charge is 2.28. The number of aryl methyl sites for hydroxylation is 1. The maximum absolute atomic E-state index is 13.3. The van der Waals surface area contributed by atoms with E-state index in [0.29, 0.717) is 41.7 Å². The average molecular weight is 555 g/mol. The Balaban J connectivity index is 1.38. The number of aliphatic imine (C=N–C) groups is 1. The molecular formula is C27H28Cl2N6O3. The number of benzene rings is 2. The van der Waals surface area contributed by atoms with E-state index < -0.39 is 6.04 Å². The summed E-state index contributed by atoms with van der Waals surface area (Å²) in [5.41, 5.74) is 2.36. The van der Waals surface area contributed by atoms with Gasteiger partial charge in [0.05, 0.1) is 6.54 Å². The summed E-state index contributed by atoms with van der Waals surface area (Å²) >= 11 is 12.1. The van der Waals surface area contributed by atoms with Gasteiger partial charge < -0.3 is 20.0 Å². The molecule has 0 unspecified atom stereocenters. The third-order valence-electron chi connectivity index (χ3n) is 6.11. The molecule has 2 aromatic carbocycles. The molecule has 1 aliphatic heterocycles. The number of carbonyl (C=O) groups is 2. The van der Waals surface area contributed by atoms with Gasteiger partial charge in [-0.15, -0.1) is 0 Å². The highest BCUT2D eigenvalue weighted by molar-refractivity contribution is 6.34. The van der Waals surface area contributed by atoms with E-state index in [-0.39, 0.29) is 24.3 Å². The van der Waals surface area contributed by atoms with Crippen molar-refractivity contribution >= 4 is 57.6 Å². The molecule has 11 heteroatoms. The van der Waals surface area contributed by atoms with E-state index in [1.165, 1.54) is 4.90 Å². The maximum Gasteiger partial charge on any atom is 0.247 e. The zero-order valence-electron chi connectivity index (χ0n) is 20.9. The van der Waals surface area contributed by atoms with Gasteiger partial charge in [-0.2, -0.15) is 5.26 Å². The number of halogens is 2. The second-order valence-electron chi connectivity index (χ2n) is 9.10. The number of fused-ring (bicyclic) bond motifs is 1. The molecule has 0 saturated carbocycles. The number of rotatable bonds is 7. The van der Waals surface area contributed by atoms with Gasteiger partial charge in [0.25, 0.3) is 0 Å². The first-order valence-electron chi connectivity index (χ1n) is 12.3. The summed E-state index contributed by atoms with van der Waals surface area (Å²) in [6.45, 7) is 2.66. The monoisotopic (exact) mass is 554 g/mol. The fourth-order valence-corrected chi connectivity index (χ4v) is 4.96. The van der Waals surface area contributed by atoms with E-state index in [1.807, 2.05) is 37.4 Å². The number of carbonyl (C=O) groups excluding carboxylic acids is 2. The SMILES string of the molecule is Cc1cc2cc(NC(=N[C@H]3CCCCN(CC(=O)NCCc4cc(Cl)cc(Cl)c4)C3=O)NC#N)ccc2o1. The van der Waals surface area contributed by atoms with Gasteiger partial charge in [-0.05, 0) is 80.6 Å². The van der Waals surface area contributed by atoms with Crippen LogP contribution in [0.3, 0.4) is 0 Å². The molecule has 0 spiro atoms. The number of anilines is 1. The van der Waals surface area contributed by atoms with Gasteiger partial charge in [0.2, 0.25) is 17.8 Å². The van der Waals surface area contributed by atoms with E-state index in [2.05, 4.69) is 20.9 Å². The van der Waals surface area contributed by atoms with E-state index in [1.54, 1.807) is 18.2 Å². The van der Waals surface area contributed by atoms with Crippen molar-refractivity contribution in [3.8, 4) is 6.19 Å². The summed E-state index contributed by atoms with van der Waals surface area (Å²) in [5.74, 6) is 0.452. The minimum atomic E-state index is -0.720. The summed E-state index contributed by atoms with van der Waals surface area (Å²) < 4.78 is 5.61. The van der Waals surface area contributed by atoms with Crippen molar-refractivity contribution in [3.05, 3.63) is 63.8 Å². The van der Waals surface area contributed by atoms with Crippen LogP contribution in [0.4, 0.5) is 5.69 Å². The van der Waals surface area contributed by atoms with Crippen LogP contribution in [-0.2, 0) is 16.0 Å². The Hall–Kier alpha value is -3.74. The molecule has 1 aromatic heterocycles. The lowest BCUT2D eigenvalue weighted by atomic mass is 10.1. The highest BCUT2D eigenvalue weighted by atomic mass is 35.5. The average Bonchev–Trinajstić information content (AvgIpc) is 3.14. The number of furan rings is 1. The Morgan fingerprint density at radius 1 is 1.18 bits per heavy atom. The van der Waals surface area contributed by atoms with Gasteiger partial charge in [0.1, 0.15) is 17.4 Å². The molecule has 3 aromatic rings. The smallest absolute Gasteiger partial charge is 0.247 e. The van der Waals surface area contributed by atoms with Crippen LogP contribution in [-0.4, -0.2) is 48.3 Å². The van der Waals surface area contributed by atoms with Gasteiger partial charge in [-0.3, -0.25) is 14.9 Å². The number of hydrogen-bond donors (Lipinski definition) is 3. The second-order valence-corrected chi connectivity index (χ2v) is 9.97. The van der Waals surface area contributed by atoms with E-state index in [0.717, 1.165) is 35.1 Å². The molecule has 9 nitrogen and oxygen atoms in total. The van der Waals surface area contributed by atoms with Crippen molar-refractivity contribution < 1.29 is 14.0 Å². The zero-order chi connectivity index (χ0) is 27.1. The Labute approximate surface area is 230 Å². The van der Waals surface area contributed by atoms with Gasteiger partial charge in [0.15, 0.2) is 6.19 Å². The normalized spacial score (nSPS) is 16.2. The summed E-state index contributed by atoms with van der Waals surface area (Å²) in [6.07, 6.45) is 4.48. The molecule has 1 saturated heterocycles. The topological polar surface area (TPSA) is 123 Å². The summed E-state index contributed by atoms with van der Waals surface area (Å²) in [6, 6.07) is 12.0. The molecule has 0 aliphatic carbocycles. The number of nitrogens with zero attached hydrogens (tertiary/aromatic N) is 3. The Morgan fingerprint density at radius 3 is 2.74 bits per heavy atom. The molecule has 2 heterocycles. The van der Waals surface area contributed by atoms with Crippen molar-refractivity contribution in [2.75, 3.05) is 25.0 Å². The molecule has 0 radical (unpaired) electrons. The van der Waals surface area contributed by atoms with Crippen LogP contribution in [0.5, 0.6) is 0 Å². The molecule has 1 atom stereocenters. The lowest BCUT2D eigenvalue weighted by Gasteiger charge is -2.22. The second kappa shape index (κ2) is 12.7. The Morgan fingerprint density at radius 2 is 1.97 bits per heavy atom. The van der Waals surface area contributed by atoms with Crippen molar-refractivity contribution in [3.63, 3.8) is 0 Å². The predicted octanol–water partition coefficient (Wildman–Crippen LogP) is 4.63. The van der Waals surface area contributed by atoms with Gasteiger partial charge >= 0.3 is 0 Å². The molecule has 198 valence electrons. The Bertz CT molecular complexity index is 1380. The number of hydrogen-bond acceptors (Lipinski definition) is 5. The lowest BCUT2D eigenvalue weighted by molar-refractivity contribution is -0.136. The molecule has 2 amide bonds. The first-order chi connectivity index (χ1) is 18.3. The van der Waals surface area contributed by atoms with Gasteiger partial charge in [-0.25, -0.2) is 4.99 Å². The standard InChI is InChI=1S/C27H28Cl2N6O3/c1-17-10-19-13-22(5-6-24(19)38-17)33-27(32-16-30)34-23-4-2-3-9-35(26(23)37)15-25(36)31-8-7-18-11-20(28)14-21(29)12-18/h5-6,10-14,23H,2-4,7-9,15H2,1H3,(H,31,36)(H2,32,33,34)/t23-/m0/s1. The van der Waals surface area contributed by atoms with Gasteiger partial charge in [-0.1, -0.05) is 23.2 Å².